The monoisotopic (exact) mass is 249 g/mol. The summed E-state index contributed by atoms with van der Waals surface area (Å²) in [6.07, 6.45) is 0. The van der Waals surface area contributed by atoms with E-state index in [-0.39, 0.29) is 17.4 Å². The van der Waals surface area contributed by atoms with Crippen molar-refractivity contribution < 1.29 is 9.15 Å². The van der Waals surface area contributed by atoms with Gasteiger partial charge in [-0.15, -0.1) is 0 Å². The normalized spacial score (nSPS) is 10.9. The summed E-state index contributed by atoms with van der Waals surface area (Å²) in [5, 5.41) is 14.9. The number of aromatic nitrogens is 4. The van der Waals surface area contributed by atoms with Crippen LogP contribution in [0.1, 0.15) is 5.56 Å². The van der Waals surface area contributed by atoms with E-state index in [1.165, 1.54) is 0 Å². The number of aryl methyl sites for hydroxylation is 1. The Kier molecular flexibility index (Phi) is 2.15. The van der Waals surface area contributed by atoms with E-state index < -0.39 is 0 Å². The molecule has 3 aromatic rings. The third-order valence-electron chi connectivity index (χ3n) is 2.24. The van der Waals surface area contributed by atoms with Crippen molar-refractivity contribution in [1.29, 1.82) is 0 Å². The highest BCUT2D eigenvalue weighted by Crippen LogP contribution is 2.27. The predicted molar refractivity (Wildman–Crippen MR) is 60.1 cm³/mol. The Bertz CT molecular complexity index is 601. The number of thiophene rings is 1. The van der Waals surface area contributed by atoms with E-state index >= 15 is 0 Å². The molecule has 8 heteroatoms. The zero-order valence-corrected chi connectivity index (χ0v) is 9.56. The molecule has 3 heterocycles. The van der Waals surface area contributed by atoms with Crippen LogP contribution in [-0.4, -0.2) is 20.5 Å². The van der Waals surface area contributed by atoms with Crippen LogP contribution in [-0.2, 0) is 0 Å². The van der Waals surface area contributed by atoms with Gasteiger partial charge >= 0.3 is 0 Å². The van der Waals surface area contributed by atoms with Gasteiger partial charge in [0.05, 0.1) is 0 Å². The lowest BCUT2D eigenvalue weighted by atomic mass is 10.2. The summed E-state index contributed by atoms with van der Waals surface area (Å²) in [5.74, 6) is 0.827. The molecule has 0 bridgehead atoms. The molecule has 0 amide bonds. The first-order valence-corrected chi connectivity index (χ1v) is 5.65. The molecule has 7 nitrogen and oxygen atoms in total. The van der Waals surface area contributed by atoms with E-state index in [0.717, 1.165) is 11.1 Å². The molecule has 0 aliphatic rings. The Morgan fingerprint density at radius 2 is 2.12 bits per heavy atom. The van der Waals surface area contributed by atoms with Crippen LogP contribution in [0.4, 0.5) is 5.82 Å². The largest absolute Gasteiger partial charge is 0.379 e. The van der Waals surface area contributed by atoms with Gasteiger partial charge in [0.25, 0.3) is 5.89 Å². The molecule has 0 saturated heterocycles. The number of anilines is 1. The van der Waals surface area contributed by atoms with E-state index in [9.17, 15) is 0 Å². The zero-order chi connectivity index (χ0) is 11.8. The van der Waals surface area contributed by atoms with Gasteiger partial charge in [-0.05, 0) is 28.2 Å². The second-order valence-corrected chi connectivity index (χ2v) is 4.13. The van der Waals surface area contributed by atoms with E-state index in [2.05, 4.69) is 25.1 Å². The Morgan fingerprint density at radius 3 is 2.76 bits per heavy atom. The van der Waals surface area contributed by atoms with Gasteiger partial charge < -0.3 is 10.3 Å². The van der Waals surface area contributed by atoms with Crippen LogP contribution in [0.3, 0.4) is 0 Å². The highest BCUT2D eigenvalue weighted by Gasteiger charge is 2.18. The summed E-state index contributed by atoms with van der Waals surface area (Å²) in [5.41, 5.74) is 7.82. The third-order valence-corrected chi connectivity index (χ3v) is 3.10. The second kappa shape index (κ2) is 3.67. The molecule has 3 aromatic heterocycles. The third kappa shape index (κ3) is 1.58. The van der Waals surface area contributed by atoms with Crippen molar-refractivity contribution in [2.24, 2.45) is 0 Å². The highest BCUT2D eigenvalue weighted by molar-refractivity contribution is 7.08. The van der Waals surface area contributed by atoms with Crippen LogP contribution in [0.25, 0.3) is 23.0 Å². The maximum atomic E-state index is 5.54. The molecule has 3 rings (SSSR count). The standard InChI is InChI=1S/C9H7N5O2S/c1-4-2-17-3-5(4)8-11-9(15-14-8)6-7(10)13-16-12-6/h2-3H,1H3,(H2,10,13). The summed E-state index contributed by atoms with van der Waals surface area (Å²) in [7, 11) is 0. The van der Waals surface area contributed by atoms with Crippen LogP contribution in [0.5, 0.6) is 0 Å². The fourth-order valence-corrected chi connectivity index (χ4v) is 2.19. The van der Waals surface area contributed by atoms with E-state index in [1.807, 2.05) is 17.7 Å². The van der Waals surface area contributed by atoms with E-state index in [0.29, 0.717) is 5.82 Å². The van der Waals surface area contributed by atoms with Crippen LogP contribution < -0.4 is 5.73 Å². The first kappa shape index (κ1) is 9.97. The zero-order valence-electron chi connectivity index (χ0n) is 8.75. The Hall–Kier alpha value is -2.22. The molecule has 0 radical (unpaired) electrons. The molecule has 2 N–H and O–H groups in total. The molecule has 86 valence electrons. The predicted octanol–water partition coefficient (Wildman–Crippen LogP) is 1.74. The van der Waals surface area contributed by atoms with Crippen molar-refractivity contribution >= 4 is 17.2 Å². The van der Waals surface area contributed by atoms with Crippen molar-refractivity contribution in [3.8, 4) is 23.0 Å². The Morgan fingerprint density at radius 1 is 1.24 bits per heavy atom. The SMILES string of the molecule is Cc1cscc1-c1noc(-c2nonc2N)n1. The van der Waals surface area contributed by atoms with Crippen molar-refractivity contribution in [2.75, 3.05) is 5.73 Å². The van der Waals surface area contributed by atoms with Gasteiger partial charge in [0, 0.05) is 10.9 Å². The van der Waals surface area contributed by atoms with Crippen molar-refractivity contribution in [3.05, 3.63) is 16.3 Å². The van der Waals surface area contributed by atoms with Crippen molar-refractivity contribution in [1.82, 2.24) is 20.5 Å². The van der Waals surface area contributed by atoms with Gasteiger partial charge in [-0.2, -0.15) is 16.3 Å². The smallest absolute Gasteiger partial charge is 0.284 e. The molecule has 0 spiro atoms. The second-order valence-electron chi connectivity index (χ2n) is 3.39. The minimum absolute atomic E-state index is 0.127. The molecule has 0 atom stereocenters. The molecule has 0 aliphatic carbocycles. The lowest BCUT2D eigenvalue weighted by Gasteiger charge is -1.88. The fraction of sp³-hybridized carbons (Fsp3) is 0.111. The maximum absolute atomic E-state index is 5.54. The summed E-state index contributed by atoms with van der Waals surface area (Å²) in [4.78, 5) is 4.20. The van der Waals surface area contributed by atoms with Gasteiger partial charge in [-0.1, -0.05) is 5.16 Å². The highest BCUT2D eigenvalue weighted by atomic mass is 32.1. The average Bonchev–Trinajstić information content (AvgIpc) is 2.97. The number of nitrogens with two attached hydrogens (primary N) is 1. The molecular weight excluding hydrogens is 242 g/mol. The summed E-state index contributed by atoms with van der Waals surface area (Å²) < 4.78 is 9.54. The van der Waals surface area contributed by atoms with Gasteiger partial charge in [-0.3, -0.25) is 0 Å². The van der Waals surface area contributed by atoms with Crippen molar-refractivity contribution in [2.45, 2.75) is 6.92 Å². The number of nitrogen functional groups attached to an aromatic ring is 1. The van der Waals surface area contributed by atoms with Crippen LogP contribution in [0, 0.1) is 6.92 Å². The molecule has 0 aromatic carbocycles. The minimum atomic E-state index is 0.127. The molecule has 0 aliphatic heterocycles. The Labute approximate surface area is 99.2 Å². The van der Waals surface area contributed by atoms with Crippen molar-refractivity contribution in [3.63, 3.8) is 0 Å². The molecule has 0 fully saturated rings. The first-order chi connectivity index (χ1) is 8.25. The van der Waals surface area contributed by atoms with Gasteiger partial charge in [0.2, 0.25) is 17.3 Å². The minimum Gasteiger partial charge on any atom is -0.379 e. The molecule has 0 saturated carbocycles. The van der Waals surface area contributed by atoms with Crippen LogP contribution in [0.2, 0.25) is 0 Å². The van der Waals surface area contributed by atoms with Gasteiger partial charge in [0.15, 0.2) is 0 Å². The Balaban J connectivity index is 2.05. The maximum Gasteiger partial charge on any atom is 0.284 e. The average molecular weight is 249 g/mol. The van der Waals surface area contributed by atoms with E-state index in [1.54, 1.807) is 11.3 Å². The molecule has 17 heavy (non-hydrogen) atoms. The number of nitrogens with zero attached hydrogens (tertiary/aromatic N) is 4. The lowest BCUT2D eigenvalue weighted by molar-refractivity contribution is 0.308. The van der Waals surface area contributed by atoms with Gasteiger partial charge in [0.1, 0.15) is 0 Å². The van der Waals surface area contributed by atoms with Crippen LogP contribution in [0.15, 0.2) is 19.9 Å². The topological polar surface area (TPSA) is 104 Å². The number of hydrogen-bond acceptors (Lipinski definition) is 8. The first-order valence-electron chi connectivity index (χ1n) is 4.71. The quantitative estimate of drug-likeness (QED) is 0.737. The fourth-order valence-electron chi connectivity index (χ4n) is 1.36. The number of rotatable bonds is 2. The summed E-state index contributed by atoms with van der Waals surface area (Å²) in [6, 6.07) is 0. The summed E-state index contributed by atoms with van der Waals surface area (Å²) >= 11 is 1.58. The summed E-state index contributed by atoms with van der Waals surface area (Å²) in [6.45, 7) is 1.98. The van der Waals surface area contributed by atoms with Gasteiger partial charge in [-0.25, -0.2) is 4.63 Å². The number of hydrogen-bond donors (Lipinski definition) is 1. The molecular formula is C9H7N5O2S. The van der Waals surface area contributed by atoms with Crippen LogP contribution >= 0.6 is 11.3 Å². The van der Waals surface area contributed by atoms with E-state index in [4.69, 9.17) is 10.3 Å². The molecule has 0 unspecified atom stereocenters. The lowest BCUT2D eigenvalue weighted by Crippen LogP contribution is -1.88.